The van der Waals surface area contributed by atoms with Crippen LogP contribution in [0, 0.1) is 6.92 Å². The summed E-state index contributed by atoms with van der Waals surface area (Å²) in [4.78, 5) is 2.50. The zero-order chi connectivity index (χ0) is 12.3. The molecule has 0 radical (unpaired) electrons. The molecule has 0 bridgehead atoms. The van der Waals surface area contributed by atoms with Crippen molar-refractivity contribution >= 4 is 30.8 Å². The molecular formula is C8H8BF3N3S-. The normalized spacial score (nSPS) is 11.1. The number of rotatable bonds is 3. The first kappa shape index (κ1) is 12.8. The number of nitrogens with zero attached hydrogens (tertiary/aromatic N) is 3. The van der Waals surface area contributed by atoms with Crippen molar-refractivity contribution in [3.63, 3.8) is 0 Å². The van der Waals surface area contributed by atoms with Gasteiger partial charge < -0.3 is 12.9 Å². The zero-order valence-corrected chi connectivity index (χ0v) is 9.26. The minimum absolute atomic E-state index is 0.00301. The number of benzene rings is 1. The fourth-order valence-electron chi connectivity index (χ4n) is 1.36. The van der Waals surface area contributed by atoms with Gasteiger partial charge in [0.1, 0.15) is 0 Å². The second kappa shape index (κ2) is 4.72. The average Bonchev–Trinajstić information content (AvgIpc) is 2.19. The predicted molar refractivity (Wildman–Crippen MR) is 61.4 cm³/mol. The molecule has 0 heterocycles. The number of halogens is 3. The molecule has 0 aromatic heterocycles. The van der Waals surface area contributed by atoms with E-state index in [1.807, 2.05) is 0 Å². The van der Waals surface area contributed by atoms with Gasteiger partial charge in [-0.3, -0.25) is 0 Å². The maximum Gasteiger partial charge on any atom is 0.509 e. The van der Waals surface area contributed by atoms with E-state index in [0.717, 1.165) is 6.07 Å². The van der Waals surface area contributed by atoms with E-state index >= 15 is 0 Å². The Labute approximate surface area is 95.8 Å². The van der Waals surface area contributed by atoms with Crippen molar-refractivity contribution in [1.29, 1.82) is 0 Å². The third-order valence-corrected chi connectivity index (χ3v) is 2.53. The first-order valence-electron chi connectivity index (χ1n) is 4.39. The van der Waals surface area contributed by atoms with Crippen LogP contribution in [0.3, 0.4) is 0 Å². The second-order valence-corrected chi connectivity index (χ2v) is 3.57. The Morgan fingerprint density at radius 1 is 1.44 bits per heavy atom. The molecule has 0 N–H and O–H groups in total. The third kappa shape index (κ3) is 2.65. The molecule has 0 atom stereocenters. The lowest BCUT2D eigenvalue weighted by Gasteiger charge is -2.20. The van der Waals surface area contributed by atoms with Gasteiger partial charge in [-0.2, -0.15) is 12.6 Å². The molecule has 0 aliphatic heterocycles. The van der Waals surface area contributed by atoms with Gasteiger partial charge in [0.2, 0.25) is 0 Å². The molecule has 1 aromatic rings. The second-order valence-electron chi connectivity index (χ2n) is 3.25. The van der Waals surface area contributed by atoms with Crippen molar-refractivity contribution in [2.45, 2.75) is 12.7 Å². The van der Waals surface area contributed by atoms with Gasteiger partial charge in [0.15, 0.2) is 0 Å². The molecule has 1 aromatic carbocycles. The van der Waals surface area contributed by atoms with Gasteiger partial charge in [0, 0.05) is 16.4 Å². The zero-order valence-electron chi connectivity index (χ0n) is 8.36. The minimum Gasteiger partial charge on any atom is -0.445 e. The molecule has 0 fully saturated rings. The minimum atomic E-state index is -5.11. The van der Waals surface area contributed by atoms with E-state index in [4.69, 9.17) is 5.53 Å². The van der Waals surface area contributed by atoms with E-state index in [1.54, 1.807) is 0 Å². The molecule has 16 heavy (non-hydrogen) atoms. The van der Waals surface area contributed by atoms with Gasteiger partial charge in [-0.15, -0.1) is 5.46 Å². The Balaban J connectivity index is 3.49. The van der Waals surface area contributed by atoms with Crippen LogP contribution < -0.4 is 5.46 Å². The van der Waals surface area contributed by atoms with E-state index < -0.39 is 12.4 Å². The Morgan fingerprint density at radius 3 is 2.50 bits per heavy atom. The van der Waals surface area contributed by atoms with Crippen molar-refractivity contribution in [3.05, 3.63) is 33.7 Å². The SMILES string of the molecule is Cc1c(N=[N+]=[N-])cc(CS)cc1[B-](F)(F)F. The number of azide groups is 1. The lowest BCUT2D eigenvalue weighted by atomic mass is 9.76. The third-order valence-electron chi connectivity index (χ3n) is 2.17. The lowest BCUT2D eigenvalue weighted by Crippen LogP contribution is -2.36. The maximum absolute atomic E-state index is 12.7. The molecule has 8 heteroatoms. The van der Waals surface area contributed by atoms with Crippen LogP contribution in [0.2, 0.25) is 0 Å². The highest BCUT2D eigenvalue weighted by atomic mass is 32.1. The summed E-state index contributed by atoms with van der Waals surface area (Å²) in [6, 6.07) is 2.45. The number of hydrogen-bond donors (Lipinski definition) is 1. The fraction of sp³-hybridized carbons (Fsp3) is 0.250. The summed E-state index contributed by atoms with van der Waals surface area (Å²) >= 11 is 3.91. The van der Waals surface area contributed by atoms with Crippen molar-refractivity contribution in [2.75, 3.05) is 0 Å². The molecule has 86 valence electrons. The van der Waals surface area contributed by atoms with Gasteiger partial charge in [0.25, 0.3) is 0 Å². The average molecular weight is 246 g/mol. The Bertz CT molecular complexity index is 455. The summed E-state index contributed by atoms with van der Waals surface area (Å²) in [6.07, 6.45) is 0. The molecule has 0 saturated heterocycles. The molecule has 0 amide bonds. The van der Waals surface area contributed by atoms with Crippen LogP contribution in [0.4, 0.5) is 18.6 Å². The smallest absolute Gasteiger partial charge is 0.445 e. The predicted octanol–water partition coefficient (Wildman–Crippen LogP) is 3.42. The Morgan fingerprint density at radius 2 is 2.06 bits per heavy atom. The molecule has 0 aliphatic carbocycles. The molecule has 0 saturated carbocycles. The summed E-state index contributed by atoms with van der Waals surface area (Å²) in [5.74, 6) is 0.160. The van der Waals surface area contributed by atoms with Gasteiger partial charge >= 0.3 is 6.98 Å². The molecule has 0 unspecified atom stereocenters. The first-order valence-corrected chi connectivity index (χ1v) is 5.02. The summed E-state index contributed by atoms with van der Waals surface area (Å²) < 4.78 is 38.1. The molecule has 0 aliphatic rings. The van der Waals surface area contributed by atoms with E-state index in [-0.39, 0.29) is 17.0 Å². The van der Waals surface area contributed by atoms with E-state index in [1.165, 1.54) is 13.0 Å². The lowest BCUT2D eigenvalue weighted by molar-refractivity contribution is 0.500. The first-order chi connectivity index (χ1) is 7.40. The molecule has 0 spiro atoms. The van der Waals surface area contributed by atoms with E-state index in [0.29, 0.717) is 5.56 Å². The van der Waals surface area contributed by atoms with Gasteiger partial charge in [-0.25, -0.2) is 0 Å². The van der Waals surface area contributed by atoms with Gasteiger partial charge in [0.05, 0.1) is 0 Å². The highest BCUT2D eigenvalue weighted by molar-refractivity contribution is 7.79. The number of hydrogen-bond acceptors (Lipinski definition) is 2. The summed E-state index contributed by atoms with van der Waals surface area (Å²) in [6.45, 7) is -3.82. The van der Waals surface area contributed by atoms with Crippen molar-refractivity contribution < 1.29 is 12.9 Å². The monoisotopic (exact) mass is 246 g/mol. The van der Waals surface area contributed by atoms with Crippen LogP contribution in [0.1, 0.15) is 11.1 Å². The van der Waals surface area contributed by atoms with Crippen molar-refractivity contribution in [3.8, 4) is 0 Å². The van der Waals surface area contributed by atoms with Crippen LogP contribution in [0.25, 0.3) is 10.4 Å². The van der Waals surface area contributed by atoms with Crippen LogP contribution >= 0.6 is 12.6 Å². The maximum atomic E-state index is 12.7. The molecule has 3 nitrogen and oxygen atoms in total. The Kier molecular flexibility index (Phi) is 3.77. The van der Waals surface area contributed by atoms with Crippen LogP contribution in [0.15, 0.2) is 17.2 Å². The molecular weight excluding hydrogens is 238 g/mol. The largest absolute Gasteiger partial charge is 0.509 e. The number of thiol groups is 1. The Hall–Kier alpha value is -1.27. The quantitative estimate of drug-likeness (QED) is 0.279. The topological polar surface area (TPSA) is 48.8 Å². The standard InChI is InChI=1S/C8H8BF3N3S/c1-5-7(9(10,11)12)2-6(4-16)3-8(5)14-15-13/h2-3,16H,4H2,1H3/q-1. The van der Waals surface area contributed by atoms with E-state index in [9.17, 15) is 12.9 Å². The van der Waals surface area contributed by atoms with Crippen LogP contribution in [-0.2, 0) is 5.75 Å². The van der Waals surface area contributed by atoms with Crippen molar-refractivity contribution in [2.24, 2.45) is 5.11 Å². The van der Waals surface area contributed by atoms with Gasteiger partial charge in [-0.05, 0) is 24.1 Å². The summed E-state index contributed by atoms with van der Waals surface area (Å²) in [5, 5.41) is 3.25. The summed E-state index contributed by atoms with van der Waals surface area (Å²) in [7, 11) is 0. The van der Waals surface area contributed by atoms with Crippen LogP contribution in [0.5, 0.6) is 0 Å². The summed E-state index contributed by atoms with van der Waals surface area (Å²) in [5.41, 5.74) is 7.87. The van der Waals surface area contributed by atoms with E-state index in [2.05, 4.69) is 22.7 Å². The van der Waals surface area contributed by atoms with Crippen LogP contribution in [-0.4, -0.2) is 6.98 Å². The fourth-order valence-corrected chi connectivity index (χ4v) is 1.55. The van der Waals surface area contributed by atoms with Crippen molar-refractivity contribution in [1.82, 2.24) is 0 Å². The molecule has 1 rings (SSSR count). The highest BCUT2D eigenvalue weighted by Crippen LogP contribution is 2.24. The highest BCUT2D eigenvalue weighted by Gasteiger charge is 2.28. The van der Waals surface area contributed by atoms with Gasteiger partial charge in [-0.1, -0.05) is 16.7 Å².